The summed E-state index contributed by atoms with van der Waals surface area (Å²) in [5.41, 5.74) is 1.19. The lowest BCUT2D eigenvalue weighted by atomic mass is 10.1. The Labute approximate surface area is 113 Å². The molecule has 0 aromatic carbocycles. The topological polar surface area (TPSA) is 89.9 Å². The maximum absolute atomic E-state index is 11.8. The van der Waals surface area contributed by atoms with Crippen LogP contribution in [0.5, 0.6) is 0 Å². The number of carbonyl (C=O) groups is 1. The summed E-state index contributed by atoms with van der Waals surface area (Å²) < 4.78 is 6.36. The maximum Gasteiger partial charge on any atom is 0.341 e. The van der Waals surface area contributed by atoms with E-state index in [2.05, 4.69) is 15.2 Å². The van der Waals surface area contributed by atoms with Crippen LogP contribution in [0.15, 0.2) is 41.7 Å². The number of esters is 1. The van der Waals surface area contributed by atoms with Gasteiger partial charge in [0.2, 0.25) is 0 Å². The van der Waals surface area contributed by atoms with Gasteiger partial charge >= 0.3 is 5.97 Å². The second kappa shape index (κ2) is 4.61. The van der Waals surface area contributed by atoms with Crippen LogP contribution in [0.1, 0.15) is 10.4 Å². The Morgan fingerprint density at radius 3 is 2.95 bits per heavy atom. The number of carbonyl (C=O) groups excluding carboxylic acids is 1. The van der Waals surface area contributed by atoms with E-state index in [1.807, 2.05) is 6.07 Å². The number of fused-ring (bicyclic) bond motifs is 1. The first kappa shape index (κ1) is 12.1. The lowest BCUT2D eigenvalue weighted by Gasteiger charge is -2.11. The molecule has 7 nitrogen and oxygen atoms in total. The van der Waals surface area contributed by atoms with Gasteiger partial charge in [0.15, 0.2) is 0 Å². The average Bonchev–Trinajstić information content (AvgIpc) is 2.88. The van der Waals surface area contributed by atoms with Crippen molar-refractivity contribution < 1.29 is 9.53 Å². The number of rotatable bonds is 2. The first-order valence-electron chi connectivity index (χ1n) is 5.80. The Balaban J connectivity index is 2.29. The number of aromatic amines is 1. The van der Waals surface area contributed by atoms with Gasteiger partial charge in [-0.15, -0.1) is 0 Å². The van der Waals surface area contributed by atoms with Gasteiger partial charge in [-0.05, 0) is 12.1 Å². The molecule has 3 heterocycles. The summed E-state index contributed by atoms with van der Waals surface area (Å²) >= 11 is 0. The number of pyridine rings is 2. The first-order valence-corrected chi connectivity index (χ1v) is 5.80. The van der Waals surface area contributed by atoms with Crippen LogP contribution in [-0.4, -0.2) is 32.8 Å². The first-order chi connectivity index (χ1) is 9.70. The molecule has 1 aromatic rings. The second-order valence-electron chi connectivity index (χ2n) is 4.10. The van der Waals surface area contributed by atoms with E-state index in [0.29, 0.717) is 11.3 Å². The van der Waals surface area contributed by atoms with Crippen LogP contribution in [-0.2, 0) is 4.74 Å². The molecule has 0 unspecified atom stereocenters. The van der Waals surface area contributed by atoms with Crippen LogP contribution < -0.4 is 5.56 Å². The molecule has 0 bridgehead atoms. The van der Waals surface area contributed by atoms with Gasteiger partial charge in [0.25, 0.3) is 5.56 Å². The quantitative estimate of drug-likeness (QED) is 0.697. The van der Waals surface area contributed by atoms with E-state index < -0.39 is 5.97 Å². The van der Waals surface area contributed by atoms with Gasteiger partial charge in [-0.2, -0.15) is 5.10 Å². The molecule has 1 N–H and O–H groups in total. The molecule has 0 radical (unpaired) electrons. The number of H-pyrrole nitrogens is 1. The molecule has 2 aliphatic heterocycles. The third-order valence-corrected chi connectivity index (χ3v) is 2.91. The molecule has 20 heavy (non-hydrogen) atoms. The maximum atomic E-state index is 11.8. The fourth-order valence-corrected chi connectivity index (χ4v) is 1.95. The predicted molar refractivity (Wildman–Crippen MR) is 69.9 cm³/mol. The van der Waals surface area contributed by atoms with Crippen LogP contribution in [0, 0.1) is 0 Å². The fraction of sp³-hybridized carbons (Fsp3) is 0.0769. The number of nitrogens with one attached hydrogen (secondary N) is 1. The van der Waals surface area contributed by atoms with E-state index in [4.69, 9.17) is 4.74 Å². The van der Waals surface area contributed by atoms with Crippen molar-refractivity contribution >= 4 is 5.97 Å². The van der Waals surface area contributed by atoms with Crippen molar-refractivity contribution in [2.24, 2.45) is 0 Å². The fourth-order valence-electron chi connectivity index (χ4n) is 1.95. The molecular weight excluding hydrogens is 260 g/mol. The number of nitrogens with zero attached hydrogens (tertiary/aromatic N) is 3. The standard InChI is InChI=1S/C13H10N4O3/c1-20-13(19)10-7-17(8-3-2-4-14-5-8)6-9-11(10)15-16-12(9)18/h2-7H,1H3,(H,16,18). The number of ether oxygens (including phenoxy) is 1. The Kier molecular flexibility index (Phi) is 2.79. The molecule has 0 fully saturated rings. The minimum absolute atomic E-state index is 0.215. The second-order valence-corrected chi connectivity index (χ2v) is 4.10. The summed E-state index contributed by atoms with van der Waals surface area (Å²) in [7, 11) is 1.28. The van der Waals surface area contributed by atoms with Crippen LogP contribution in [0.25, 0.3) is 16.9 Å². The van der Waals surface area contributed by atoms with Gasteiger partial charge in [-0.25, -0.2) is 9.89 Å². The number of aromatic nitrogens is 4. The number of hydrogen-bond acceptors (Lipinski definition) is 5. The van der Waals surface area contributed by atoms with Crippen LogP contribution in [0.3, 0.4) is 0 Å². The average molecular weight is 270 g/mol. The van der Waals surface area contributed by atoms with Crippen LogP contribution in [0.4, 0.5) is 0 Å². The summed E-state index contributed by atoms with van der Waals surface area (Å²) in [5, 5.41) is 6.19. The predicted octanol–water partition coefficient (Wildman–Crippen LogP) is 0.847. The lowest BCUT2D eigenvalue weighted by molar-refractivity contribution is 0.0600. The number of methoxy groups -OCH3 is 1. The Hall–Kier alpha value is -2.96. The summed E-state index contributed by atoms with van der Waals surface area (Å²) in [6.45, 7) is 0. The van der Waals surface area contributed by atoms with E-state index in [-0.39, 0.29) is 11.1 Å². The normalized spacial score (nSPS) is 10.7. The Morgan fingerprint density at radius 2 is 2.25 bits per heavy atom. The zero-order valence-electron chi connectivity index (χ0n) is 10.5. The van der Waals surface area contributed by atoms with Gasteiger partial charge in [-0.3, -0.25) is 9.78 Å². The molecule has 1 aromatic heterocycles. The minimum atomic E-state index is -0.556. The number of hydrogen-bond donors (Lipinski definition) is 1. The van der Waals surface area contributed by atoms with E-state index in [9.17, 15) is 9.59 Å². The highest BCUT2D eigenvalue weighted by Gasteiger charge is 2.22. The van der Waals surface area contributed by atoms with E-state index in [0.717, 1.165) is 5.69 Å². The van der Waals surface area contributed by atoms with Crippen molar-refractivity contribution in [3.8, 4) is 16.9 Å². The zero-order valence-corrected chi connectivity index (χ0v) is 10.5. The third kappa shape index (κ3) is 1.85. The molecule has 3 rings (SSSR count). The van der Waals surface area contributed by atoms with E-state index >= 15 is 0 Å². The molecule has 0 saturated heterocycles. The smallest absolute Gasteiger partial charge is 0.341 e. The largest absolute Gasteiger partial charge is 0.465 e. The summed E-state index contributed by atoms with van der Waals surface area (Å²) in [5.74, 6) is -0.556. The van der Waals surface area contributed by atoms with Crippen molar-refractivity contribution in [1.29, 1.82) is 0 Å². The van der Waals surface area contributed by atoms with Crippen molar-refractivity contribution in [3.63, 3.8) is 0 Å². The van der Waals surface area contributed by atoms with Crippen LogP contribution in [0.2, 0.25) is 0 Å². The van der Waals surface area contributed by atoms with Gasteiger partial charge in [0.05, 0.1) is 24.6 Å². The SMILES string of the molecule is COC(=O)c1cn(-c2cccnc2)cc2c(=O)[nH]nc1-2. The molecule has 7 heteroatoms. The highest BCUT2D eigenvalue weighted by Crippen LogP contribution is 2.22. The van der Waals surface area contributed by atoms with Gasteiger partial charge < -0.3 is 9.30 Å². The highest BCUT2D eigenvalue weighted by molar-refractivity contribution is 5.96. The Morgan fingerprint density at radius 1 is 1.40 bits per heavy atom. The monoisotopic (exact) mass is 270 g/mol. The molecule has 0 atom stereocenters. The summed E-state index contributed by atoms with van der Waals surface area (Å²) in [6.07, 6.45) is 6.42. The van der Waals surface area contributed by atoms with E-state index in [1.165, 1.54) is 7.11 Å². The van der Waals surface area contributed by atoms with Gasteiger partial charge in [0, 0.05) is 18.6 Å². The van der Waals surface area contributed by atoms with E-state index in [1.54, 1.807) is 35.4 Å². The van der Waals surface area contributed by atoms with Crippen LogP contribution >= 0.6 is 0 Å². The summed E-state index contributed by atoms with van der Waals surface area (Å²) in [6, 6.07) is 3.57. The van der Waals surface area contributed by atoms with Crippen molar-refractivity contribution in [1.82, 2.24) is 19.7 Å². The molecule has 0 amide bonds. The molecule has 0 saturated carbocycles. The minimum Gasteiger partial charge on any atom is -0.465 e. The Bertz CT molecular complexity index is 791. The molecule has 100 valence electrons. The summed E-state index contributed by atoms with van der Waals surface area (Å²) in [4.78, 5) is 27.5. The van der Waals surface area contributed by atoms with Crippen molar-refractivity contribution in [2.45, 2.75) is 0 Å². The lowest BCUT2D eigenvalue weighted by Crippen LogP contribution is -2.11. The van der Waals surface area contributed by atoms with Gasteiger partial charge in [0.1, 0.15) is 11.3 Å². The van der Waals surface area contributed by atoms with Crippen molar-refractivity contribution in [3.05, 3.63) is 52.8 Å². The van der Waals surface area contributed by atoms with Gasteiger partial charge in [-0.1, -0.05) is 0 Å². The van der Waals surface area contributed by atoms with Crippen molar-refractivity contribution in [2.75, 3.05) is 7.11 Å². The molecule has 2 aliphatic rings. The molecule has 0 aliphatic carbocycles. The highest BCUT2D eigenvalue weighted by atomic mass is 16.5. The zero-order chi connectivity index (χ0) is 14.1. The molecule has 0 spiro atoms. The molecular formula is C13H10N4O3. The third-order valence-electron chi connectivity index (χ3n) is 2.91.